The van der Waals surface area contributed by atoms with E-state index in [1.165, 1.54) is 0 Å². The molecule has 10 heteroatoms. The van der Waals surface area contributed by atoms with Gasteiger partial charge in [0.25, 0.3) is 0 Å². The third kappa shape index (κ3) is 4.73. The summed E-state index contributed by atoms with van der Waals surface area (Å²) in [7, 11) is 0. The van der Waals surface area contributed by atoms with Crippen molar-refractivity contribution in [2.75, 3.05) is 6.61 Å². The Labute approximate surface area is 130 Å². The summed E-state index contributed by atoms with van der Waals surface area (Å²) in [5.74, 6) is 0. The highest BCUT2D eigenvalue weighted by atomic mass is 32.2. The van der Waals surface area contributed by atoms with E-state index < -0.39 is 33.5 Å². The molecule has 0 N–H and O–H groups in total. The lowest BCUT2D eigenvalue weighted by Crippen LogP contribution is -2.51. The van der Waals surface area contributed by atoms with Crippen molar-refractivity contribution >= 4 is 28.4 Å². The topological polar surface area (TPSA) is 9.23 Å². The van der Waals surface area contributed by atoms with Crippen molar-refractivity contribution in [3.8, 4) is 0 Å². The first kappa shape index (κ1) is 19.0. The molecular weight excluding hydrogens is 357 g/mol. The zero-order valence-corrected chi connectivity index (χ0v) is 12.3. The third-order valence-electron chi connectivity index (χ3n) is 2.41. The molecule has 0 unspecified atom stereocenters. The van der Waals surface area contributed by atoms with Crippen LogP contribution in [0.2, 0.25) is 0 Å². The molecule has 0 aliphatic rings. The highest BCUT2D eigenvalue weighted by Gasteiger charge is 2.74. The summed E-state index contributed by atoms with van der Waals surface area (Å²) in [5, 5.41) is -5.50. The van der Waals surface area contributed by atoms with Gasteiger partial charge in [0.05, 0.1) is 6.61 Å². The largest absolute Gasteiger partial charge is 0.478 e. The normalized spacial score (nSPS) is 13.0. The molecular formula is C12H9F7OS2. The lowest BCUT2D eigenvalue weighted by Gasteiger charge is -2.28. The maximum Gasteiger partial charge on any atom is 0.442 e. The smallest absolute Gasteiger partial charge is 0.442 e. The van der Waals surface area contributed by atoms with E-state index in [0.29, 0.717) is 0 Å². The van der Waals surface area contributed by atoms with E-state index in [1.807, 2.05) is 0 Å². The molecule has 1 nitrogen and oxygen atoms in total. The Morgan fingerprint density at radius 3 is 1.91 bits per heavy atom. The van der Waals surface area contributed by atoms with Gasteiger partial charge in [-0.25, -0.2) is 4.39 Å². The van der Waals surface area contributed by atoms with Crippen LogP contribution in [-0.2, 0) is 11.2 Å². The van der Waals surface area contributed by atoms with E-state index in [-0.39, 0.29) is 13.0 Å². The van der Waals surface area contributed by atoms with Crippen molar-refractivity contribution in [3.05, 3.63) is 35.9 Å². The van der Waals surface area contributed by atoms with E-state index in [4.69, 9.17) is 0 Å². The van der Waals surface area contributed by atoms with Gasteiger partial charge >= 0.3 is 17.4 Å². The Morgan fingerprint density at radius 1 is 0.955 bits per heavy atom. The zero-order valence-electron chi connectivity index (χ0n) is 10.7. The molecule has 0 amide bonds. The summed E-state index contributed by atoms with van der Waals surface area (Å²) in [6.07, 6.45) is -12.1. The van der Waals surface area contributed by atoms with Crippen LogP contribution in [0.3, 0.4) is 0 Å². The molecule has 0 aliphatic heterocycles. The highest BCUT2D eigenvalue weighted by Crippen LogP contribution is 2.53. The average Bonchev–Trinajstić information content (AvgIpc) is 2.37. The molecule has 1 aromatic carbocycles. The van der Waals surface area contributed by atoms with Gasteiger partial charge in [-0.05, 0) is 29.5 Å². The number of ether oxygens (including phenoxy) is 1. The van der Waals surface area contributed by atoms with Gasteiger partial charge in [-0.15, -0.1) is 0 Å². The van der Waals surface area contributed by atoms with Gasteiger partial charge in [-0.1, -0.05) is 30.3 Å². The fraction of sp³-hybridized carbons (Fsp3) is 0.417. The van der Waals surface area contributed by atoms with Gasteiger partial charge in [-0.2, -0.15) is 26.3 Å². The van der Waals surface area contributed by atoms with E-state index in [9.17, 15) is 30.7 Å². The van der Waals surface area contributed by atoms with Gasteiger partial charge in [-0.3, -0.25) is 0 Å². The Morgan fingerprint density at radius 2 is 1.45 bits per heavy atom. The van der Waals surface area contributed by atoms with Crippen LogP contribution in [0.15, 0.2) is 30.3 Å². The first-order valence-corrected chi connectivity index (χ1v) is 6.92. The second-order valence-corrected chi connectivity index (χ2v) is 5.79. The Kier molecular flexibility index (Phi) is 6.08. The minimum absolute atomic E-state index is 0.207. The maximum atomic E-state index is 13.4. The van der Waals surface area contributed by atoms with Crippen LogP contribution in [0, 0.1) is 0 Å². The number of halogens is 7. The molecule has 0 aliphatic carbocycles. The van der Waals surface area contributed by atoms with E-state index >= 15 is 0 Å². The Balaban J connectivity index is 2.62. The molecule has 0 aromatic heterocycles. The van der Waals surface area contributed by atoms with Gasteiger partial charge in [0, 0.05) is 6.42 Å². The lowest BCUT2D eigenvalue weighted by molar-refractivity contribution is -0.302. The summed E-state index contributed by atoms with van der Waals surface area (Å²) >= 11 is 3.04. The molecule has 0 saturated carbocycles. The fourth-order valence-electron chi connectivity index (χ4n) is 1.32. The maximum absolute atomic E-state index is 13.4. The molecule has 0 radical (unpaired) electrons. The summed E-state index contributed by atoms with van der Waals surface area (Å²) in [6, 6.07) is 8.49. The summed E-state index contributed by atoms with van der Waals surface area (Å²) < 4.78 is 90.7. The van der Waals surface area contributed by atoms with E-state index in [0.717, 1.165) is 5.56 Å². The van der Waals surface area contributed by atoms with Crippen LogP contribution in [0.4, 0.5) is 30.7 Å². The van der Waals surface area contributed by atoms with Crippen LogP contribution < -0.4 is 0 Å². The number of rotatable bonds is 4. The summed E-state index contributed by atoms with van der Waals surface area (Å²) in [4.78, 5) is 0. The second kappa shape index (κ2) is 7.03. The van der Waals surface area contributed by atoms with Gasteiger partial charge in [0.15, 0.2) is 0 Å². The monoisotopic (exact) mass is 366 g/mol. The number of alkyl halides is 7. The first-order chi connectivity index (χ1) is 9.97. The van der Waals surface area contributed by atoms with Crippen LogP contribution in [-0.4, -0.2) is 28.3 Å². The van der Waals surface area contributed by atoms with E-state index in [2.05, 4.69) is 17.0 Å². The standard InChI is InChI=1S/C12H9F7OS2/c13-10(11(14,15)16,12(17,18)19)22-9(21)20-7-6-8-4-2-1-3-5-8/h1-5H,6-7H2. The van der Waals surface area contributed by atoms with Crippen molar-refractivity contribution in [2.45, 2.75) is 23.8 Å². The first-order valence-electron chi connectivity index (χ1n) is 5.69. The molecule has 0 atom stereocenters. The van der Waals surface area contributed by atoms with Crippen LogP contribution in [0.1, 0.15) is 5.56 Å². The molecule has 1 rings (SSSR count). The average molecular weight is 366 g/mol. The summed E-state index contributed by atoms with van der Waals surface area (Å²) in [6.45, 7) is -0.262. The number of hydrogen-bond donors (Lipinski definition) is 0. The van der Waals surface area contributed by atoms with Crippen LogP contribution in [0.25, 0.3) is 0 Å². The number of thiocarbonyl (C=S) groups is 1. The number of hydrogen-bond acceptors (Lipinski definition) is 3. The SMILES string of the molecule is FC(F)(F)C(F)(SC(=S)OCCc1ccccc1)C(F)(F)F. The molecule has 0 spiro atoms. The molecule has 1 aromatic rings. The molecule has 0 heterocycles. The Hall–Kier alpha value is -1.03. The van der Waals surface area contributed by atoms with Crippen molar-refractivity contribution in [3.63, 3.8) is 0 Å². The van der Waals surface area contributed by atoms with Crippen molar-refractivity contribution in [1.29, 1.82) is 0 Å². The third-order valence-corrected chi connectivity index (χ3v) is 3.80. The molecule has 0 bridgehead atoms. The second-order valence-electron chi connectivity index (χ2n) is 4.03. The predicted molar refractivity (Wildman–Crippen MR) is 72.2 cm³/mol. The minimum Gasteiger partial charge on any atom is -0.478 e. The minimum atomic E-state index is -6.16. The van der Waals surface area contributed by atoms with Crippen molar-refractivity contribution in [1.82, 2.24) is 0 Å². The fourth-order valence-corrected chi connectivity index (χ4v) is 2.35. The van der Waals surface area contributed by atoms with Crippen molar-refractivity contribution in [2.24, 2.45) is 0 Å². The zero-order chi connectivity index (χ0) is 17.0. The van der Waals surface area contributed by atoms with Gasteiger partial charge < -0.3 is 4.74 Å². The number of thioether (sulfide) groups is 1. The predicted octanol–water partition coefficient (Wildman–Crippen LogP) is 5.05. The molecule has 22 heavy (non-hydrogen) atoms. The molecule has 0 fully saturated rings. The van der Waals surface area contributed by atoms with Gasteiger partial charge in [0.2, 0.25) is 4.38 Å². The molecule has 124 valence electrons. The lowest BCUT2D eigenvalue weighted by atomic mass is 10.2. The van der Waals surface area contributed by atoms with E-state index in [1.54, 1.807) is 30.3 Å². The number of benzene rings is 1. The van der Waals surface area contributed by atoms with Gasteiger partial charge in [0.1, 0.15) is 0 Å². The summed E-state index contributed by atoms with van der Waals surface area (Å²) in [5.41, 5.74) is 0.744. The quantitative estimate of drug-likeness (QED) is 0.545. The van der Waals surface area contributed by atoms with Crippen LogP contribution in [0.5, 0.6) is 0 Å². The highest BCUT2D eigenvalue weighted by molar-refractivity contribution is 8.23. The Bertz CT molecular complexity index is 484. The van der Waals surface area contributed by atoms with Crippen LogP contribution >= 0.6 is 24.0 Å². The van der Waals surface area contributed by atoms with Crippen molar-refractivity contribution < 1.29 is 35.5 Å². The molecule has 0 saturated heterocycles.